The molecule has 0 unspecified atom stereocenters. The van der Waals surface area contributed by atoms with Gasteiger partial charge in [0.25, 0.3) is 0 Å². The van der Waals surface area contributed by atoms with Gasteiger partial charge in [-0.3, -0.25) is 0 Å². The van der Waals surface area contributed by atoms with Crippen LogP contribution < -0.4 is 10.5 Å². The third kappa shape index (κ3) is 5.42. The van der Waals surface area contributed by atoms with Gasteiger partial charge >= 0.3 is 0 Å². The molecule has 0 saturated carbocycles. The van der Waals surface area contributed by atoms with Gasteiger partial charge in [0.2, 0.25) is 10.0 Å². The molecule has 8 heteroatoms. The first-order valence-corrected chi connectivity index (χ1v) is 7.77. The molecule has 4 nitrogen and oxygen atoms in total. The Kier molecular flexibility index (Phi) is 8.42. The lowest BCUT2D eigenvalue weighted by Crippen LogP contribution is -2.25. The minimum atomic E-state index is -3.48. The number of nitrogens with one attached hydrogen (secondary N) is 1. The zero-order valence-electron chi connectivity index (χ0n) is 9.53. The van der Waals surface area contributed by atoms with Gasteiger partial charge in [-0.05, 0) is 53.5 Å². The molecule has 1 rings (SSSR count). The fourth-order valence-electron chi connectivity index (χ4n) is 1.20. The molecule has 18 heavy (non-hydrogen) atoms. The van der Waals surface area contributed by atoms with Crippen molar-refractivity contribution in [2.24, 2.45) is 5.73 Å². The van der Waals surface area contributed by atoms with E-state index in [-0.39, 0.29) is 17.3 Å². The number of hydrogen-bond acceptors (Lipinski definition) is 3. The normalized spacial score (nSPS) is 11.1. The van der Waals surface area contributed by atoms with Gasteiger partial charge in [-0.15, -0.1) is 12.4 Å². The largest absolute Gasteiger partial charge is 0.330 e. The van der Waals surface area contributed by atoms with Crippen molar-refractivity contribution in [3.8, 4) is 0 Å². The van der Waals surface area contributed by atoms with E-state index in [0.29, 0.717) is 22.6 Å². The van der Waals surface area contributed by atoms with E-state index < -0.39 is 10.0 Å². The Labute approximate surface area is 127 Å². The molecule has 3 N–H and O–H groups in total. The highest BCUT2D eigenvalue weighted by molar-refractivity contribution is 9.10. The maximum Gasteiger partial charge on any atom is 0.240 e. The van der Waals surface area contributed by atoms with Crippen LogP contribution in [-0.4, -0.2) is 21.5 Å². The van der Waals surface area contributed by atoms with Crippen molar-refractivity contribution >= 4 is 50.0 Å². The van der Waals surface area contributed by atoms with E-state index >= 15 is 0 Å². The van der Waals surface area contributed by atoms with E-state index in [1.807, 2.05) is 0 Å². The van der Waals surface area contributed by atoms with Crippen LogP contribution in [0.4, 0.5) is 0 Å². The lowest BCUT2D eigenvalue weighted by molar-refractivity contribution is 0.577. The first-order chi connectivity index (χ1) is 7.97. The summed E-state index contributed by atoms with van der Waals surface area (Å²) in [6.07, 6.45) is 1.52. The van der Waals surface area contributed by atoms with E-state index in [0.717, 1.165) is 12.8 Å². The Morgan fingerprint density at radius 3 is 2.56 bits per heavy atom. The van der Waals surface area contributed by atoms with Crippen LogP contribution in [-0.2, 0) is 10.0 Å². The van der Waals surface area contributed by atoms with Crippen molar-refractivity contribution < 1.29 is 8.42 Å². The minimum absolute atomic E-state index is 0. The molecule has 1 aromatic carbocycles. The van der Waals surface area contributed by atoms with E-state index in [4.69, 9.17) is 17.3 Å². The molecule has 1 aromatic rings. The molecule has 0 bridgehead atoms. The van der Waals surface area contributed by atoms with Gasteiger partial charge in [-0.1, -0.05) is 11.6 Å². The number of halogens is 3. The van der Waals surface area contributed by atoms with Crippen molar-refractivity contribution in [3.05, 3.63) is 27.7 Å². The quantitative estimate of drug-likeness (QED) is 0.748. The average molecular weight is 378 g/mol. The topological polar surface area (TPSA) is 72.2 Å². The maximum atomic E-state index is 11.8. The van der Waals surface area contributed by atoms with Gasteiger partial charge in [-0.25, -0.2) is 13.1 Å². The summed E-state index contributed by atoms with van der Waals surface area (Å²) >= 11 is 9.06. The number of sulfonamides is 1. The van der Waals surface area contributed by atoms with Crippen molar-refractivity contribution in [2.45, 2.75) is 17.7 Å². The van der Waals surface area contributed by atoms with Crippen molar-refractivity contribution in [1.29, 1.82) is 0 Å². The Hall–Kier alpha value is 0.150. The van der Waals surface area contributed by atoms with Crippen molar-refractivity contribution in [2.75, 3.05) is 13.1 Å². The van der Waals surface area contributed by atoms with Gasteiger partial charge in [0.1, 0.15) is 0 Å². The molecule has 0 saturated heterocycles. The van der Waals surface area contributed by atoms with Crippen LogP contribution in [0.1, 0.15) is 12.8 Å². The first kappa shape index (κ1) is 18.1. The summed E-state index contributed by atoms with van der Waals surface area (Å²) in [7, 11) is -3.48. The Morgan fingerprint density at radius 1 is 1.33 bits per heavy atom. The third-order valence-electron chi connectivity index (χ3n) is 2.12. The maximum absolute atomic E-state index is 11.8. The smallest absolute Gasteiger partial charge is 0.240 e. The molecule has 0 aromatic heterocycles. The lowest BCUT2D eigenvalue weighted by atomic mass is 10.3. The average Bonchev–Trinajstić information content (AvgIpc) is 2.28. The summed E-state index contributed by atoms with van der Waals surface area (Å²) in [4.78, 5) is 0.165. The second-order valence-electron chi connectivity index (χ2n) is 3.47. The van der Waals surface area contributed by atoms with Crippen molar-refractivity contribution in [1.82, 2.24) is 4.72 Å². The van der Waals surface area contributed by atoms with Crippen LogP contribution in [0, 0.1) is 0 Å². The summed E-state index contributed by atoms with van der Waals surface area (Å²) in [5, 5.41) is 0.370. The Balaban J connectivity index is 0.00000289. The lowest BCUT2D eigenvalue weighted by Gasteiger charge is -2.07. The molecule has 0 heterocycles. The summed E-state index contributed by atoms with van der Waals surface area (Å²) < 4.78 is 26.9. The molecule has 0 spiro atoms. The minimum Gasteiger partial charge on any atom is -0.330 e. The molecule has 0 aliphatic heterocycles. The third-order valence-corrected chi connectivity index (χ3v) is 4.82. The molecule has 0 aliphatic carbocycles. The SMILES string of the molecule is Cl.NCCCCNS(=O)(=O)c1ccc(Br)c(Cl)c1. The van der Waals surface area contributed by atoms with Crippen LogP contribution >= 0.6 is 39.9 Å². The van der Waals surface area contributed by atoms with E-state index in [9.17, 15) is 8.42 Å². The summed E-state index contributed by atoms with van der Waals surface area (Å²) in [5.74, 6) is 0. The molecule has 0 atom stereocenters. The number of benzene rings is 1. The molecule has 104 valence electrons. The monoisotopic (exact) mass is 376 g/mol. The molecule has 0 fully saturated rings. The van der Waals surface area contributed by atoms with Crippen LogP contribution in [0.2, 0.25) is 5.02 Å². The molecule has 0 amide bonds. The zero-order chi connectivity index (χ0) is 12.9. The fraction of sp³-hybridized carbons (Fsp3) is 0.400. The first-order valence-electron chi connectivity index (χ1n) is 5.12. The number of unbranched alkanes of at least 4 members (excludes halogenated alkanes) is 1. The molecule has 0 radical (unpaired) electrons. The van der Waals surface area contributed by atoms with Crippen LogP contribution in [0.15, 0.2) is 27.6 Å². The second kappa shape index (κ2) is 8.35. The van der Waals surface area contributed by atoms with E-state index in [1.54, 1.807) is 6.07 Å². The predicted octanol–water partition coefficient (Wildman–Crippen LogP) is 2.54. The molecular formula is C10H15BrCl2N2O2S. The van der Waals surface area contributed by atoms with Crippen LogP contribution in [0.5, 0.6) is 0 Å². The molecule has 0 aliphatic rings. The van der Waals surface area contributed by atoms with Gasteiger partial charge in [-0.2, -0.15) is 0 Å². The van der Waals surface area contributed by atoms with Gasteiger partial charge in [0, 0.05) is 11.0 Å². The second-order valence-corrected chi connectivity index (χ2v) is 6.50. The highest BCUT2D eigenvalue weighted by Gasteiger charge is 2.14. The molecular weight excluding hydrogens is 363 g/mol. The zero-order valence-corrected chi connectivity index (χ0v) is 13.5. The number of hydrogen-bond donors (Lipinski definition) is 2. The highest BCUT2D eigenvalue weighted by atomic mass is 79.9. The van der Waals surface area contributed by atoms with Crippen LogP contribution in [0.25, 0.3) is 0 Å². The van der Waals surface area contributed by atoms with Gasteiger partial charge < -0.3 is 5.73 Å². The Morgan fingerprint density at radius 2 is 2.00 bits per heavy atom. The van der Waals surface area contributed by atoms with E-state index in [2.05, 4.69) is 20.7 Å². The standard InChI is InChI=1S/C10H14BrClN2O2S.ClH/c11-9-4-3-8(7-10(9)12)17(15,16)14-6-2-1-5-13;/h3-4,7,14H,1-2,5-6,13H2;1H. The number of rotatable bonds is 6. The van der Waals surface area contributed by atoms with Gasteiger partial charge in [0.15, 0.2) is 0 Å². The van der Waals surface area contributed by atoms with Crippen molar-refractivity contribution in [3.63, 3.8) is 0 Å². The summed E-state index contributed by atoms with van der Waals surface area (Å²) in [6.45, 7) is 0.944. The van der Waals surface area contributed by atoms with E-state index in [1.165, 1.54) is 12.1 Å². The highest BCUT2D eigenvalue weighted by Crippen LogP contribution is 2.25. The fourth-order valence-corrected chi connectivity index (χ4v) is 2.80. The Bertz CT molecular complexity index is 483. The van der Waals surface area contributed by atoms with Crippen LogP contribution in [0.3, 0.4) is 0 Å². The van der Waals surface area contributed by atoms with Gasteiger partial charge in [0.05, 0.1) is 9.92 Å². The summed E-state index contributed by atoms with van der Waals surface area (Å²) in [6, 6.07) is 4.52. The predicted molar refractivity (Wildman–Crippen MR) is 79.9 cm³/mol. The summed E-state index contributed by atoms with van der Waals surface area (Å²) in [5.41, 5.74) is 5.33. The number of nitrogens with two attached hydrogens (primary N) is 1.